The molecule has 0 saturated heterocycles. The molecule has 0 aliphatic carbocycles. The zero-order chi connectivity index (χ0) is 12.5. The number of thioether (sulfide) groups is 1. The molecule has 1 rings (SSSR count). The SMILES string of the molecule is CCCCCSCC(=O)c1ccccc1OC. The van der Waals surface area contributed by atoms with Crippen molar-refractivity contribution in [2.24, 2.45) is 0 Å². The van der Waals surface area contributed by atoms with Crippen molar-refractivity contribution in [3.05, 3.63) is 29.8 Å². The molecule has 0 fully saturated rings. The lowest BCUT2D eigenvalue weighted by atomic mass is 10.1. The number of methoxy groups -OCH3 is 1. The minimum atomic E-state index is 0.156. The summed E-state index contributed by atoms with van der Waals surface area (Å²) in [5, 5.41) is 0. The predicted molar refractivity (Wildman–Crippen MR) is 74.2 cm³/mol. The van der Waals surface area contributed by atoms with Crippen LogP contribution in [0.3, 0.4) is 0 Å². The highest BCUT2D eigenvalue weighted by atomic mass is 32.2. The second kappa shape index (κ2) is 8.18. The minimum absolute atomic E-state index is 0.156. The minimum Gasteiger partial charge on any atom is -0.496 e. The van der Waals surface area contributed by atoms with Gasteiger partial charge in [0.25, 0.3) is 0 Å². The zero-order valence-corrected chi connectivity index (χ0v) is 11.4. The van der Waals surface area contributed by atoms with Crippen molar-refractivity contribution in [3.8, 4) is 5.75 Å². The fourth-order valence-corrected chi connectivity index (χ4v) is 2.47. The number of hydrogen-bond donors (Lipinski definition) is 0. The molecule has 0 radical (unpaired) electrons. The molecule has 0 aliphatic heterocycles. The van der Waals surface area contributed by atoms with E-state index in [4.69, 9.17) is 4.74 Å². The Labute approximate surface area is 108 Å². The quantitative estimate of drug-likeness (QED) is 0.520. The van der Waals surface area contributed by atoms with Crippen LogP contribution in [0.4, 0.5) is 0 Å². The van der Waals surface area contributed by atoms with Gasteiger partial charge in [0.15, 0.2) is 5.78 Å². The van der Waals surface area contributed by atoms with Crippen molar-refractivity contribution < 1.29 is 9.53 Å². The molecule has 1 aromatic rings. The van der Waals surface area contributed by atoms with Crippen LogP contribution >= 0.6 is 11.8 Å². The van der Waals surface area contributed by atoms with E-state index >= 15 is 0 Å². The lowest BCUT2D eigenvalue weighted by Gasteiger charge is -2.06. The maximum Gasteiger partial charge on any atom is 0.176 e. The highest BCUT2D eigenvalue weighted by molar-refractivity contribution is 7.99. The van der Waals surface area contributed by atoms with Gasteiger partial charge in [-0.25, -0.2) is 0 Å². The highest BCUT2D eigenvalue weighted by Crippen LogP contribution is 2.19. The number of rotatable bonds is 8. The van der Waals surface area contributed by atoms with Crippen molar-refractivity contribution in [2.45, 2.75) is 26.2 Å². The first kappa shape index (κ1) is 14.1. The van der Waals surface area contributed by atoms with Gasteiger partial charge in [0, 0.05) is 0 Å². The maximum absolute atomic E-state index is 12.0. The molecule has 94 valence electrons. The molecule has 0 unspecified atom stereocenters. The lowest BCUT2D eigenvalue weighted by Crippen LogP contribution is -2.05. The lowest BCUT2D eigenvalue weighted by molar-refractivity contribution is 0.101. The number of unbranched alkanes of at least 4 members (excludes halogenated alkanes) is 2. The van der Waals surface area contributed by atoms with E-state index in [1.807, 2.05) is 24.3 Å². The summed E-state index contributed by atoms with van der Waals surface area (Å²) in [4.78, 5) is 12.0. The highest BCUT2D eigenvalue weighted by Gasteiger charge is 2.10. The van der Waals surface area contributed by atoms with Gasteiger partial charge < -0.3 is 4.74 Å². The van der Waals surface area contributed by atoms with Crippen molar-refractivity contribution in [1.82, 2.24) is 0 Å². The molecule has 0 aromatic heterocycles. The van der Waals surface area contributed by atoms with Gasteiger partial charge in [-0.05, 0) is 24.3 Å². The Bertz CT molecular complexity index is 350. The first-order valence-corrected chi connectivity index (χ1v) is 7.19. The second-order valence-electron chi connectivity index (χ2n) is 3.88. The van der Waals surface area contributed by atoms with Gasteiger partial charge in [0.05, 0.1) is 18.4 Å². The van der Waals surface area contributed by atoms with Gasteiger partial charge in [-0.3, -0.25) is 4.79 Å². The van der Waals surface area contributed by atoms with E-state index in [9.17, 15) is 4.79 Å². The summed E-state index contributed by atoms with van der Waals surface area (Å²) in [6.07, 6.45) is 3.66. The van der Waals surface area contributed by atoms with Crippen molar-refractivity contribution in [3.63, 3.8) is 0 Å². The average molecular weight is 252 g/mol. The van der Waals surface area contributed by atoms with Crippen LogP contribution in [0.5, 0.6) is 5.75 Å². The van der Waals surface area contributed by atoms with Crippen LogP contribution in [0, 0.1) is 0 Å². The normalized spacial score (nSPS) is 10.2. The number of ketones is 1. The Morgan fingerprint density at radius 1 is 1.29 bits per heavy atom. The topological polar surface area (TPSA) is 26.3 Å². The third-order valence-corrected chi connectivity index (χ3v) is 3.58. The van der Waals surface area contributed by atoms with Crippen LogP contribution in [0.2, 0.25) is 0 Å². The molecular formula is C14H20O2S. The number of ether oxygens (including phenoxy) is 1. The second-order valence-corrected chi connectivity index (χ2v) is 4.99. The van der Waals surface area contributed by atoms with E-state index in [0.717, 1.165) is 5.75 Å². The van der Waals surface area contributed by atoms with E-state index in [2.05, 4.69) is 6.92 Å². The average Bonchev–Trinajstić information content (AvgIpc) is 2.38. The summed E-state index contributed by atoms with van der Waals surface area (Å²) in [6.45, 7) is 2.19. The van der Waals surface area contributed by atoms with E-state index in [1.54, 1.807) is 18.9 Å². The summed E-state index contributed by atoms with van der Waals surface area (Å²) in [7, 11) is 1.60. The van der Waals surface area contributed by atoms with Gasteiger partial charge in [-0.1, -0.05) is 31.9 Å². The number of hydrogen-bond acceptors (Lipinski definition) is 3. The molecule has 0 amide bonds. The van der Waals surface area contributed by atoms with Crippen LogP contribution in [0.1, 0.15) is 36.5 Å². The molecule has 0 aliphatic rings. The van der Waals surface area contributed by atoms with E-state index in [-0.39, 0.29) is 5.78 Å². The monoisotopic (exact) mass is 252 g/mol. The van der Waals surface area contributed by atoms with E-state index in [0.29, 0.717) is 17.1 Å². The number of benzene rings is 1. The summed E-state index contributed by atoms with van der Waals surface area (Å²) in [5.74, 6) is 2.44. The molecule has 0 heterocycles. The molecular weight excluding hydrogens is 232 g/mol. The molecule has 0 N–H and O–H groups in total. The first-order chi connectivity index (χ1) is 8.29. The van der Waals surface area contributed by atoms with Crippen LogP contribution in [-0.4, -0.2) is 24.4 Å². The van der Waals surface area contributed by atoms with Crippen molar-refractivity contribution in [1.29, 1.82) is 0 Å². The Balaban J connectivity index is 2.41. The maximum atomic E-state index is 12.0. The molecule has 0 saturated carbocycles. The Morgan fingerprint density at radius 2 is 2.06 bits per heavy atom. The van der Waals surface area contributed by atoms with Crippen molar-refractivity contribution in [2.75, 3.05) is 18.6 Å². The molecule has 2 nitrogen and oxygen atoms in total. The summed E-state index contributed by atoms with van der Waals surface area (Å²) >= 11 is 1.71. The third kappa shape index (κ3) is 4.82. The summed E-state index contributed by atoms with van der Waals surface area (Å²) in [6, 6.07) is 7.41. The smallest absolute Gasteiger partial charge is 0.176 e. The Hall–Kier alpha value is -0.960. The number of carbonyl (C=O) groups excluding carboxylic acids is 1. The van der Waals surface area contributed by atoms with Crippen LogP contribution < -0.4 is 4.74 Å². The van der Waals surface area contributed by atoms with Gasteiger partial charge in [-0.2, -0.15) is 11.8 Å². The standard InChI is InChI=1S/C14H20O2S/c1-3-4-7-10-17-11-13(15)12-8-5-6-9-14(12)16-2/h5-6,8-9H,3-4,7,10-11H2,1-2H3. The largest absolute Gasteiger partial charge is 0.496 e. The number of para-hydroxylation sites is 1. The predicted octanol–water partition coefficient (Wildman–Crippen LogP) is 3.80. The Morgan fingerprint density at radius 3 is 2.76 bits per heavy atom. The van der Waals surface area contributed by atoms with E-state index in [1.165, 1.54) is 19.3 Å². The molecule has 0 bridgehead atoms. The van der Waals surface area contributed by atoms with Crippen molar-refractivity contribution >= 4 is 17.5 Å². The van der Waals surface area contributed by atoms with Crippen LogP contribution in [0.25, 0.3) is 0 Å². The zero-order valence-electron chi connectivity index (χ0n) is 10.6. The fraction of sp³-hybridized carbons (Fsp3) is 0.500. The van der Waals surface area contributed by atoms with Crippen LogP contribution in [-0.2, 0) is 0 Å². The van der Waals surface area contributed by atoms with Gasteiger partial charge in [0.1, 0.15) is 5.75 Å². The number of Topliss-reactive ketones (excluding diaryl/α,β-unsaturated/α-hetero) is 1. The van der Waals surface area contributed by atoms with E-state index < -0.39 is 0 Å². The summed E-state index contributed by atoms with van der Waals surface area (Å²) < 4.78 is 5.18. The molecule has 17 heavy (non-hydrogen) atoms. The van der Waals surface area contributed by atoms with Gasteiger partial charge >= 0.3 is 0 Å². The van der Waals surface area contributed by atoms with Gasteiger partial charge in [-0.15, -0.1) is 0 Å². The Kier molecular flexibility index (Phi) is 6.78. The number of carbonyl (C=O) groups is 1. The summed E-state index contributed by atoms with van der Waals surface area (Å²) in [5.41, 5.74) is 0.693. The first-order valence-electron chi connectivity index (χ1n) is 6.03. The molecule has 0 spiro atoms. The molecule has 1 aromatic carbocycles. The molecule has 0 atom stereocenters. The molecule has 3 heteroatoms. The fourth-order valence-electron chi connectivity index (χ4n) is 1.57. The van der Waals surface area contributed by atoms with Crippen LogP contribution in [0.15, 0.2) is 24.3 Å². The third-order valence-electron chi connectivity index (χ3n) is 2.53. The van der Waals surface area contributed by atoms with Gasteiger partial charge in [0.2, 0.25) is 0 Å².